The molecule has 1 N–H and O–H groups in total. The normalized spacial score (nSPS) is 17.9. The van der Waals surface area contributed by atoms with E-state index >= 15 is 0 Å². The van der Waals surface area contributed by atoms with Crippen LogP contribution in [0.5, 0.6) is 0 Å². The fraction of sp³-hybridized carbons (Fsp3) is 0.909. The second-order valence-corrected chi connectivity index (χ2v) is 4.30. The second kappa shape index (κ2) is 5.35. The van der Waals surface area contributed by atoms with Crippen molar-refractivity contribution in [2.75, 3.05) is 13.6 Å². The van der Waals surface area contributed by atoms with Gasteiger partial charge in [0.25, 0.3) is 0 Å². The molecule has 0 saturated heterocycles. The van der Waals surface area contributed by atoms with E-state index in [1.807, 2.05) is 11.9 Å². The number of hydrogen-bond acceptors (Lipinski definition) is 2. The van der Waals surface area contributed by atoms with E-state index in [1.165, 1.54) is 12.8 Å². The molecule has 3 heteroatoms. The largest absolute Gasteiger partial charge is 0.342 e. The lowest BCUT2D eigenvalue weighted by atomic mass is 10.2. The summed E-state index contributed by atoms with van der Waals surface area (Å²) < 4.78 is 0. The van der Waals surface area contributed by atoms with E-state index in [4.69, 9.17) is 0 Å². The van der Waals surface area contributed by atoms with Crippen LogP contribution in [0.15, 0.2) is 0 Å². The summed E-state index contributed by atoms with van der Waals surface area (Å²) in [6.45, 7) is 4.77. The number of amides is 1. The highest BCUT2D eigenvalue weighted by Gasteiger charge is 2.22. The Balaban J connectivity index is 2.19. The molecule has 1 unspecified atom stereocenters. The van der Waals surface area contributed by atoms with Crippen LogP contribution < -0.4 is 5.32 Å². The Bertz CT molecular complexity index is 190. The standard InChI is InChI=1S/C11H22N2O/c1-4-5-9(2)13(3)11(14)8-12-10-6-7-10/h9-10,12H,4-8H2,1-3H3. The van der Waals surface area contributed by atoms with E-state index in [-0.39, 0.29) is 5.91 Å². The molecule has 1 saturated carbocycles. The van der Waals surface area contributed by atoms with Gasteiger partial charge in [0.05, 0.1) is 6.54 Å². The van der Waals surface area contributed by atoms with Gasteiger partial charge in [-0.15, -0.1) is 0 Å². The van der Waals surface area contributed by atoms with Gasteiger partial charge in [0.1, 0.15) is 0 Å². The number of likely N-dealkylation sites (N-methyl/N-ethyl adjacent to an activating group) is 1. The topological polar surface area (TPSA) is 32.3 Å². The van der Waals surface area contributed by atoms with E-state index in [1.54, 1.807) is 0 Å². The van der Waals surface area contributed by atoms with Crippen LogP contribution in [0.4, 0.5) is 0 Å². The third-order valence-corrected chi connectivity index (χ3v) is 2.88. The fourth-order valence-corrected chi connectivity index (χ4v) is 1.50. The smallest absolute Gasteiger partial charge is 0.236 e. The summed E-state index contributed by atoms with van der Waals surface area (Å²) in [5.74, 6) is 0.220. The summed E-state index contributed by atoms with van der Waals surface area (Å²) in [5.41, 5.74) is 0. The second-order valence-electron chi connectivity index (χ2n) is 4.30. The monoisotopic (exact) mass is 198 g/mol. The van der Waals surface area contributed by atoms with Gasteiger partial charge in [0.15, 0.2) is 0 Å². The molecule has 1 atom stereocenters. The minimum Gasteiger partial charge on any atom is -0.342 e. The fourth-order valence-electron chi connectivity index (χ4n) is 1.50. The van der Waals surface area contributed by atoms with Gasteiger partial charge in [-0.25, -0.2) is 0 Å². The van der Waals surface area contributed by atoms with Crippen LogP contribution in [0.2, 0.25) is 0 Å². The van der Waals surface area contributed by atoms with E-state index in [9.17, 15) is 4.79 Å². The lowest BCUT2D eigenvalue weighted by molar-refractivity contribution is -0.130. The third-order valence-electron chi connectivity index (χ3n) is 2.88. The van der Waals surface area contributed by atoms with Crippen molar-refractivity contribution in [1.29, 1.82) is 0 Å². The molecular formula is C11H22N2O. The Morgan fingerprint density at radius 2 is 2.21 bits per heavy atom. The molecule has 0 spiro atoms. The molecular weight excluding hydrogens is 176 g/mol. The van der Waals surface area contributed by atoms with Gasteiger partial charge in [-0.1, -0.05) is 13.3 Å². The third kappa shape index (κ3) is 3.66. The summed E-state index contributed by atoms with van der Waals surface area (Å²) >= 11 is 0. The molecule has 82 valence electrons. The molecule has 1 aliphatic carbocycles. The minimum atomic E-state index is 0.220. The molecule has 1 aliphatic rings. The zero-order valence-corrected chi connectivity index (χ0v) is 9.55. The van der Waals surface area contributed by atoms with Crippen molar-refractivity contribution in [2.24, 2.45) is 0 Å². The molecule has 1 fully saturated rings. The van der Waals surface area contributed by atoms with E-state index in [0.717, 1.165) is 12.8 Å². The number of nitrogens with zero attached hydrogens (tertiary/aromatic N) is 1. The number of nitrogens with one attached hydrogen (secondary N) is 1. The molecule has 1 amide bonds. The van der Waals surface area contributed by atoms with Crippen LogP contribution in [-0.2, 0) is 4.79 Å². The summed E-state index contributed by atoms with van der Waals surface area (Å²) in [7, 11) is 1.90. The van der Waals surface area contributed by atoms with Gasteiger partial charge in [0, 0.05) is 19.1 Å². The quantitative estimate of drug-likeness (QED) is 0.699. The van der Waals surface area contributed by atoms with E-state index in [0.29, 0.717) is 18.6 Å². The van der Waals surface area contributed by atoms with Crippen molar-refractivity contribution < 1.29 is 4.79 Å². The van der Waals surface area contributed by atoms with Gasteiger partial charge < -0.3 is 10.2 Å². The Hall–Kier alpha value is -0.570. The Kier molecular flexibility index (Phi) is 4.39. The van der Waals surface area contributed by atoms with Crippen LogP contribution >= 0.6 is 0 Å². The number of rotatable bonds is 6. The maximum atomic E-state index is 11.7. The van der Waals surface area contributed by atoms with Crippen molar-refractivity contribution in [2.45, 2.75) is 51.6 Å². The molecule has 14 heavy (non-hydrogen) atoms. The highest BCUT2D eigenvalue weighted by molar-refractivity contribution is 5.78. The number of hydrogen-bond donors (Lipinski definition) is 1. The van der Waals surface area contributed by atoms with Gasteiger partial charge in [-0.2, -0.15) is 0 Å². The molecule has 1 rings (SSSR count). The average molecular weight is 198 g/mol. The Morgan fingerprint density at radius 1 is 1.57 bits per heavy atom. The van der Waals surface area contributed by atoms with Crippen molar-refractivity contribution >= 4 is 5.91 Å². The SMILES string of the molecule is CCCC(C)N(C)C(=O)CNC1CC1. The van der Waals surface area contributed by atoms with Crippen molar-refractivity contribution in [3.63, 3.8) is 0 Å². The number of carbonyl (C=O) groups is 1. The molecule has 0 heterocycles. The van der Waals surface area contributed by atoms with E-state index in [2.05, 4.69) is 19.2 Å². The number of carbonyl (C=O) groups excluding carboxylic acids is 1. The molecule has 0 aliphatic heterocycles. The predicted molar refractivity (Wildman–Crippen MR) is 58.2 cm³/mol. The highest BCUT2D eigenvalue weighted by Crippen LogP contribution is 2.18. The molecule has 0 bridgehead atoms. The first-order chi connectivity index (χ1) is 6.65. The molecule has 0 aromatic heterocycles. The van der Waals surface area contributed by atoms with Crippen LogP contribution in [0.3, 0.4) is 0 Å². The van der Waals surface area contributed by atoms with Crippen molar-refractivity contribution in [3.8, 4) is 0 Å². The molecule has 0 radical (unpaired) electrons. The predicted octanol–water partition coefficient (Wildman–Crippen LogP) is 1.39. The van der Waals surface area contributed by atoms with Gasteiger partial charge in [-0.3, -0.25) is 4.79 Å². The summed E-state index contributed by atoms with van der Waals surface area (Å²) in [6.07, 6.45) is 4.70. The molecule has 3 nitrogen and oxygen atoms in total. The molecule has 0 aromatic rings. The molecule has 0 aromatic carbocycles. The Morgan fingerprint density at radius 3 is 2.71 bits per heavy atom. The maximum absolute atomic E-state index is 11.7. The lowest BCUT2D eigenvalue weighted by Crippen LogP contribution is -2.41. The van der Waals surface area contributed by atoms with Crippen molar-refractivity contribution in [1.82, 2.24) is 10.2 Å². The average Bonchev–Trinajstić information content (AvgIpc) is 2.97. The summed E-state index contributed by atoms with van der Waals surface area (Å²) in [6, 6.07) is 0.988. The van der Waals surface area contributed by atoms with E-state index < -0.39 is 0 Å². The zero-order chi connectivity index (χ0) is 10.6. The van der Waals surface area contributed by atoms with Crippen LogP contribution in [0.1, 0.15) is 39.5 Å². The first kappa shape index (κ1) is 11.5. The van der Waals surface area contributed by atoms with Crippen molar-refractivity contribution in [3.05, 3.63) is 0 Å². The first-order valence-corrected chi connectivity index (χ1v) is 5.64. The highest BCUT2D eigenvalue weighted by atomic mass is 16.2. The van der Waals surface area contributed by atoms with Gasteiger partial charge in [0.2, 0.25) is 5.91 Å². The lowest BCUT2D eigenvalue weighted by Gasteiger charge is -2.24. The van der Waals surface area contributed by atoms with Crippen LogP contribution in [0.25, 0.3) is 0 Å². The van der Waals surface area contributed by atoms with Gasteiger partial charge >= 0.3 is 0 Å². The minimum absolute atomic E-state index is 0.220. The first-order valence-electron chi connectivity index (χ1n) is 5.64. The van der Waals surface area contributed by atoms with Gasteiger partial charge in [-0.05, 0) is 26.2 Å². The van der Waals surface area contributed by atoms with Crippen LogP contribution in [0, 0.1) is 0 Å². The summed E-state index contributed by atoms with van der Waals surface area (Å²) in [4.78, 5) is 13.5. The maximum Gasteiger partial charge on any atom is 0.236 e. The summed E-state index contributed by atoms with van der Waals surface area (Å²) in [5, 5.41) is 3.24. The van der Waals surface area contributed by atoms with Crippen LogP contribution in [-0.4, -0.2) is 36.5 Å². The zero-order valence-electron chi connectivity index (χ0n) is 9.55. The Labute approximate surface area is 86.9 Å².